The summed E-state index contributed by atoms with van der Waals surface area (Å²) in [5.74, 6) is 0. The second-order valence-electron chi connectivity index (χ2n) is 11.4. The fraction of sp³-hybridized carbons (Fsp3) is 0. The first-order valence-corrected chi connectivity index (χ1v) is 15.1. The Morgan fingerprint density at radius 1 is 0.341 bits per heavy atom. The monoisotopic (exact) mass is 560 g/mol. The molecule has 0 saturated carbocycles. The van der Waals surface area contributed by atoms with Crippen molar-refractivity contribution in [3.63, 3.8) is 0 Å². The number of anilines is 3. The van der Waals surface area contributed by atoms with E-state index in [1.807, 2.05) is 0 Å². The summed E-state index contributed by atoms with van der Waals surface area (Å²) < 4.78 is 2.48. The third kappa shape index (κ3) is 3.68. The maximum Gasteiger partial charge on any atom is 0.0632 e. The van der Waals surface area contributed by atoms with E-state index >= 15 is 0 Å². The minimum atomic E-state index is 1.12. The molecule has 2 nitrogen and oxygen atoms in total. The molecule has 1 heterocycles. The number of para-hydroxylation sites is 3. The van der Waals surface area contributed by atoms with Crippen molar-refractivity contribution in [2.24, 2.45) is 0 Å². The summed E-state index contributed by atoms with van der Waals surface area (Å²) in [6.07, 6.45) is 0. The third-order valence-electron chi connectivity index (χ3n) is 8.92. The van der Waals surface area contributed by atoms with Crippen LogP contribution in [0.1, 0.15) is 0 Å². The van der Waals surface area contributed by atoms with Gasteiger partial charge in [0.25, 0.3) is 0 Å². The Labute approximate surface area is 255 Å². The van der Waals surface area contributed by atoms with Crippen molar-refractivity contribution in [2.75, 3.05) is 4.90 Å². The lowest BCUT2D eigenvalue weighted by molar-refractivity contribution is 1.18. The molecule has 0 radical (unpaired) electrons. The Balaban J connectivity index is 1.37. The van der Waals surface area contributed by atoms with E-state index in [9.17, 15) is 0 Å². The smallest absolute Gasteiger partial charge is 0.0632 e. The summed E-state index contributed by atoms with van der Waals surface area (Å²) in [4.78, 5) is 2.31. The van der Waals surface area contributed by atoms with E-state index in [-0.39, 0.29) is 0 Å². The number of hydrogen-bond acceptors (Lipinski definition) is 1. The van der Waals surface area contributed by atoms with Gasteiger partial charge in [0.05, 0.1) is 11.0 Å². The molecule has 0 spiro atoms. The number of benzene rings is 8. The first-order chi connectivity index (χ1) is 21.9. The maximum atomic E-state index is 2.48. The van der Waals surface area contributed by atoms with Crippen molar-refractivity contribution < 1.29 is 0 Å². The van der Waals surface area contributed by atoms with Gasteiger partial charge in [-0.15, -0.1) is 0 Å². The van der Waals surface area contributed by atoms with Crippen molar-refractivity contribution in [3.05, 3.63) is 170 Å². The molecule has 0 aliphatic carbocycles. The standard InChI is InChI=1S/C42H28N2/c1-3-14-30(15-4-1)43(31-16-5-2-6-17-31)32-24-26-33(27-25-32)44-39-22-12-11-21-38(39)41-36-20-10-9-19-35(36)37-28-23-29-13-7-8-18-34(29)40(37)42(41)44/h1-28H. The SMILES string of the molecule is c1ccc(N(c2ccccc2)c2ccc(-n3c4ccccc4c4c5ccccc5c5ccc6ccccc6c5c43)cc2)cc1. The Morgan fingerprint density at radius 3 is 1.55 bits per heavy atom. The van der Waals surface area contributed by atoms with Crippen LogP contribution in [0.25, 0.3) is 59.8 Å². The fourth-order valence-corrected chi connectivity index (χ4v) is 7.06. The minimum Gasteiger partial charge on any atom is -0.311 e. The van der Waals surface area contributed by atoms with Crippen molar-refractivity contribution in [1.29, 1.82) is 0 Å². The van der Waals surface area contributed by atoms with E-state index in [2.05, 4.69) is 179 Å². The molecular weight excluding hydrogens is 532 g/mol. The Morgan fingerprint density at radius 2 is 0.841 bits per heavy atom. The van der Waals surface area contributed by atoms with Crippen molar-refractivity contribution >= 4 is 71.2 Å². The van der Waals surface area contributed by atoms with Gasteiger partial charge in [-0.25, -0.2) is 0 Å². The molecule has 0 atom stereocenters. The Hall–Kier alpha value is -5.86. The maximum absolute atomic E-state index is 2.48. The molecule has 0 amide bonds. The van der Waals surface area contributed by atoms with Gasteiger partial charge in [0.15, 0.2) is 0 Å². The van der Waals surface area contributed by atoms with Gasteiger partial charge in [-0.3, -0.25) is 0 Å². The summed E-state index contributed by atoms with van der Waals surface area (Å²) in [6, 6.07) is 61.3. The normalized spacial score (nSPS) is 11.6. The van der Waals surface area contributed by atoms with Gasteiger partial charge < -0.3 is 9.47 Å². The molecular formula is C42H28N2. The summed E-state index contributed by atoms with van der Waals surface area (Å²) in [5, 5.41) is 10.3. The molecule has 0 aliphatic rings. The molecule has 0 fully saturated rings. The lowest BCUT2D eigenvalue weighted by Gasteiger charge is -2.25. The van der Waals surface area contributed by atoms with Crippen LogP contribution in [-0.4, -0.2) is 4.57 Å². The minimum absolute atomic E-state index is 1.12. The molecule has 9 aromatic rings. The van der Waals surface area contributed by atoms with E-state index in [0.29, 0.717) is 0 Å². The van der Waals surface area contributed by atoms with Crippen LogP contribution in [0.4, 0.5) is 17.1 Å². The van der Waals surface area contributed by atoms with E-state index in [1.165, 1.54) is 54.1 Å². The molecule has 0 bridgehead atoms. The summed E-state index contributed by atoms with van der Waals surface area (Å²) in [6.45, 7) is 0. The van der Waals surface area contributed by atoms with Gasteiger partial charge in [0.1, 0.15) is 0 Å². The highest BCUT2D eigenvalue weighted by atomic mass is 15.1. The van der Waals surface area contributed by atoms with Crippen LogP contribution in [-0.2, 0) is 0 Å². The molecule has 44 heavy (non-hydrogen) atoms. The lowest BCUT2D eigenvalue weighted by Crippen LogP contribution is -2.09. The quantitative estimate of drug-likeness (QED) is 0.194. The fourth-order valence-electron chi connectivity index (χ4n) is 7.06. The van der Waals surface area contributed by atoms with Gasteiger partial charge in [0, 0.05) is 38.9 Å². The van der Waals surface area contributed by atoms with E-state index in [4.69, 9.17) is 0 Å². The number of nitrogens with zero attached hydrogens (tertiary/aromatic N) is 2. The third-order valence-corrected chi connectivity index (χ3v) is 8.92. The van der Waals surface area contributed by atoms with Gasteiger partial charge in [-0.2, -0.15) is 0 Å². The van der Waals surface area contributed by atoms with Crippen LogP contribution in [0.15, 0.2) is 170 Å². The number of aromatic nitrogens is 1. The van der Waals surface area contributed by atoms with Gasteiger partial charge >= 0.3 is 0 Å². The molecule has 2 heteroatoms. The zero-order valence-electron chi connectivity index (χ0n) is 24.1. The first kappa shape index (κ1) is 24.7. The zero-order valence-corrected chi connectivity index (χ0v) is 24.1. The predicted octanol–water partition coefficient (Wildman–Crippen LogP) is 11.7. The van der Waals surface area contributed by atoms with Gasteiger partial charge in [-0.1, -0.05) is 115 Å². The molecule has 0 saturated heterocycles. The van der Waals surface area contributed by atoms with Crippen LogP contribution in [0.2, 0.25) is 0 Å². The van der Waals surface area contributed by atoms with E-state index < -0.39 is 0 Å². The van der Waals surface area contributed by atoms with Crippen molar-refractivity contribution in [1.82, 2.24) is 4.57 Å². The van der Waals surface area contributed by atoms with Crippen LogP contribution >= 0.6 is 0 Å². The van der Waals surface area contributed by atoms with Crippen LogP contribution in [0, 0.1) is 0 Å². The highest BCUT2D eigenvalue weighted by Crippen LogP contribution is 2.45. The van der Waals surface area contributed by atoms with Crippen LogP contribution in [0.3, 0.4) is 0 Å². The highest BCUT2D eigenvalue weighted by Gasteiger charge is 2.20. The molecule has 0 N–H and O–H groups in total. The lowest BCUT2D eigenvalue weighted by atomic mass is 9.93. The number of rotatable bonds is 4. The average Bonchev–Trinajstić information content (AvgIpc) is 3.45. The molecule has 206 valence electrons. The second kappa shape index (κ2) is 9.86. The highest BCUT2D eigenvalue weighted by molar-refractivity contribution is 6.36. The van der Waals surface area contributed by atoms with Crippen molar-refractivity contribution in [2.45, 2.75) is 0 Å². The molecule has 1 aromatic heterocycles. The topological polar surface area (TPSA) is 8.17 Å². The summed E-state index contributed by atoms with van der Waals surface area (Å²) in [5.41, 5.74) is 6.99. The molecule has 9 rings (SSSR count). The Bertz CT molecular complexity index is 2430. The molecule has 8 aromatic carbocycles. The van der Waals surface area contributed by atoms with E-state index in [0.717, 1.165) is 22.7 Å². The van der Waals surface area contributed by atoms with Crippen LogP contribution < -0.4 is 4.90 Å². The number of hydrogen-bond donors (Lipinski definition) is 0. The Kier molecular flexibility index (Phi) is 5.54. The average molecular weight is 561 g/mol. The van der Waals surface area contributed by atoms with Gasteiger partial charge in [-0.05, 0) is 81.5 Å². The molecule has 0 aliphatic heterocycles. The summed E-state index contributed by atoms with van der Waals surface area (Å²) >= 11 is 0. The molecule has 0 unspecified atom stereocenters. The zero-order chi connectivity index (χ0) is 29.0. The summed E-state index contributed by atoms with van der Waals surface area (Å²) in [7, 11) is 0. The second-order valence-corrected chi connectivity index (χ2v) is 11.4. The number of fused-ring (bicyclic) bond motifs is 10. The van der Waals surface area contributed by atoms with Gasteiger partial charge in [0.2, 0.25) is 0 Å². The first-order valence-electron chi connectivity index (χ1n) is 15.1. The van der Waals surface area contributed by atoms with E-state index in [1.54, 1.807) is 0 Å². The predicted molar refractivity (Wildman–Crippen MR) is 188 cm³/mol. The van der Waals surface area contributed by atoms with Crippen molar-refractivity contribution in [3.8, 4) is 5.69 Å². The largest absolute Gasteiger partial charge is 0.311 e. The van der Waals surface area contributed by atoms with Crippen LogP contribution in [0.5, 0.6) is 0 Å².